The second-order valence-electron chi connectivity index (χ2n) is 2.16. The smallest absolute Gasteiger partial charge is 0.547 e. The fourth-order valence-corrected chi connectivity index (χ4v) is 0.477. The number of carboxylic acid groups (broad SMARTS) is 1. The van der Waals surface area contributed by atoms with Crippen molar-refractivity contribution in [2.24, 2.45) is 0 Å². The van der Waals surface area contributed by atoms with Crippen molar-refractivity contribution in [1.82, 2.24) is 0 Å². The fraction of sp³-hybridized carbons (Fsp3) is 0.833. The molecule has 0 N–H and O–H groups in total. The van der Waals surface area contributed by atoms with Crippen LogP contribution in [0.2, 0.25) is 0 Å². The molecule has 11 heavy (non-hydrogen) atoms. The molecule has 0 aliphatic carbocycles. The molecule has 0 aliphatic heterocycles. The van der Waals surface area contributed by atoms with E-state index in [0.29, 0.717) is 0 Å². The Labute approximate surface area is 88.2 Å². The summed E-state index contributed by atoms with van der Waals surface area (Å²) in [5.74, 6) is -1.27. The van der Waals surface area contributed by atoms with Gasteiger partial charge in [-0.1, -0.05) is 0 Å². The Morgan fingerprint density at radius 1 is 1.55 bits per heavy atom. The van der Waals surface area contributed by atoms with Gasteiger partial charge in [0.1, 0.15) is 5.60 Å². The number of aliphatic carboxylic acids is 1. The predicted octanol–water partition coefficient (Wildman–Crippen LogP) is -4.21. The van der Waals surface area contributed by atoms with Crippen LogP contribution in [-0.4, -0.2) is 32.4 Å². The number of methoxy groups -OCH3 is 2. The van der Waals surface area contributed by atoms with E-state index >= 15 is 0 Å². The zero-order chi connectivity index (χ0) is 8.20. The molecule has 5 heteroatoms. The summed E-state index contributed by atoms with van der Waals surface area (Å²) in [5, 5.41) is 10.3. The van der Waals surface area contributed by atoms with E-state index in [1.165, 1.54) is 21.1 Å². The van der Waals surface area contributed by atoms with Crippen LogP contribution in [0.3, 0.4) is 0 Å². The molecular formula is C6H11NaO4. The molecule has 0 heterocycles. The molecule has 60 valence electrons. The van der Waals surface area contributed by atoms with Crippen molar-refractivity contribution in [3.8, 4) is 0 Å². The van der Waals surface area contributed by atoms with Crippen LogP contribution in [0.5, 0.6) is 0 Å². The standard InChI is InChI=1S/C6H12O4.Na/c1-6(10-3,4-9-2)5(7)8;/h4H2,1-3H3,(H,7,8);/q;+1/p-1. The molecule has 0 spiro atoms. The van der Waals surface area contributed by atoms with Gasteiger partial charge in [0, 0.05) is 14.2 Å². The normalized spacial score (nSPS) is 14.8. The molecule has 0 fully saturated rings. The van der Waals surface area contributed by atoms with E-state index < -0.39 is 11.6 Å². The van der Waals surface area contributed by atoms with E-state index in [4.69, 9.17) is 0 Å². The van der Waals surface area contributed by atoms with E-state index in [1.807, 2.05) is 0 Å². The molecule has 0 aromatic heterocycles. The SMILES string of the molecule is COCC(C)(OC)C(=O)[O-].[Na+]. The molecule has 1 unspecified atom stereocenters. The second kappa shape index (κ2) is 5.97. The van der Waals surface area contributed by atoms with Crippen LogP contribution in [-0.2, 0) is 14.3 Å². The number of hydrogen-bond donors (Lipinski definition) is 0. The van der Waals surface area contributed by atoms with Crippen molar-refractivity contribution in [3.05, 3.63) is 0 Å². The summed E-state index contributed by atoms with van der Waals surface area (Å²) in [7, 11) is 2.70. The van der Waals surface area contributed by atoms with Crippen molar-refractivity contribution >= 4 is 5.97 Å². The van der Waals surface area contributed by atoms with Gasteiger partial charge in [-0.2, -0.15) is 0 Å². The van der Waals surface area contributed by atoms with Crippen molar-refractivity contribution in [2.45, 2.75) is 12.5 Å². The summed E-state index contributed by atoms with van der Waals surface area (Å²) in [6, 6.07) is 0. The van der Waals surface area contributed by atoms with Crippen molar-refractivity contribution in [1.29, 1.82) is 0 Å². The summed E-state index contributed by atoms with van der Waals surface area (Å²) in [4.78, 5) is 10.3. The Balaban J connectivity index is 0. The first-order valence-corrected chi connectivity index (χ1v) is 2.82. The fourth-order valence-electron chi connectivity index (χ4n) is 0.477. The third-order valence-corrected chi connectivity index (χ3v) is 1.30. The van der Waals surface area contributed by atoms with Crippen molar-refractivity contribution in [3.63, 3.8) is 0 Å². The molecule has 0 aromatic carbocycles. The van der Waals surface area contributed by atoms with Crippen LogP contribution in [0.1, 0.15) is 6.92 Å². The van der Waals surface area contributed by atoms with Crippen LogP contribution >= 0.6 is 0 Å². The summed E-state index contributed by atoms with van der Waals surface area (Å²) >= 11 is 0. The van der Waals surface area contributed by atoms with Gasteiger partial charge in [0.25, 0.3) is 0 Å². The average molecular weight is 170 g/mol. The van der Waals surface area contributed by atoms with Gasteiger partial charge in [0.15, 0.2) is 0 Å². The Morgan fingerprint density at radius 3 is 2.09 bits per heavy atom. The first-order chi connectivity index (χ1) is 4.56. The molecule has 0 radical (unpaired) electrons. The minimum Gasteiger partial charge on any atom is -0.547 e. The maximum Gasteiger partial charge on any atom is 1.00 e. The van der Waals surface area contributed by atoms with E-state index in [9.17, 15) is 9.90 Å². The minimum absolute atomic E-state index is 0. The van der Waals surface area contributed by atoms with Crippen LogP contribution in [0.25, 0.3) is 0 Å². The van der Waals surface area contributed by atoms with Crippen LogP contribution in [0, 0.1) is 0 Å². The monoisotopic (exact) mass is 170 g/mol. The number of carboxylic acids is 1. The van der Waals surface area contributed by atoms with Crippen LogP contribution in [0.15, 0.2) is 0 Å². The van der Waals surface area contributed by atoms with Crippen LogP contribution in [0.4, 0.5) is 0 Å². The van der Waals surface area contributed by atoms with Crippen molar-refractivity contribution in [2.75, 3.05) is 20.8 Å². The Hall–Kier alpha value is 0.390. The summed E-state index contributed by atoms with van der Waals surface area (Å²) in [5.41, 5.74) is -1.32. The van der Waals surface area contributed by atoms with Crippen molar-refractivity contribution < 1.29 is 48.9 Å². The van der Waals surface area contributed by atoms with E-state index in [-0.39, 0.29) is 36.2 Å². The zero-order valence-electron chi connectivity index (χ0n) is 7.34. The first kappa shape index (κ1) is 13.9. The summed E-state index contributed by atoms with van der Waals surface area (Å²) in [6.45, 7) is 1.39. The Kier molecular flexibility index (Phi) is 7.57. The quantitative estimate of drug-likeness (QED) is 0.401. The minimum atomic E-state index is -1.32. The van der Waals surface area contributed by atoms with Gasteiger partial charge < -0.3 is 19.4 Å². The molecule has 0 aliphatic rings. The van der Waals surface area contributed by atoms with Crippen LogP contribution < -0.4 is 34.7 Å². The van der Waals surface area contributed by atoms with Gasteiger partial charge in [-0.05, 0) is 6.92 Å². The van der Waals surface area contributed by atoms with Gasteiger partial charge in [-0.3, -0.25) is 0 Å². The molecular weight excluding hydrogens is 159 g/mol. The largest absolute Gasteiger partial charge is 1.00 e. The Bertz CT molecular complexity index is 128. The topological polar surface area (TPSA) is 58.6 Å². The van der Waals surface area contributed by atoms with E-state index in [1.54, 1.807) is 0 Å². The van der Waals surface area contributed by atoms with Gasteiger partial charge in [-0.25, -0.2) is 0 Å². The third kappa shape index (κ3) is 4.08. The maximum atomic E-state index is 10.3. The van der Waals surface area contributed by atoms with E-state index in [2.05, 4.69) is 9.47 Å². The molecule has 0 amide bonds. The number of ether oxygens (including phenoxy) is 2. The Morgan fingerprint density at radius 2 is 2.00 bits per heavy atom. The number of carbonyl (C=O) groups is 1. The second-order valence-corrected chi connectivity index (χ2v) is 2.16. The van der Waals surface area contributed by atoms with Gasteiger partial charge in [0.2, 0.25) is 0 Å². The van der Waals surface area contributed by atoms with Gasteiger partial charge in [0.05, 0.1) is 12.6 Å². The number of hydrogen-bond acceptors (Lipinski definition) is 4. The molecule has 0 bridgehead atoms. The summed E-state index contributed by atoms with van der Waals surface area (Å²) < 4.78 is 9.27. The molecule has 1 atom stereocenters. The zero-order valence-corrected chi connectivity index (χ0v) is 9.34. The first-order valence-electron chi connectivity index (χ1n) is 2.82. The van der Waals surface area contributed by atoms with E-state index in [0.717, 1.165) is 0 Å². The molecule has 0 rings (SSSR count). The molecule has 0 saturated carbocycles. The predicted molar refractivity (Wildman–Crippen MR) is 32.3 cm³/mol. The van der Waals surface area contributed by atoms with Gasteiger partial charge in [-0.15, -0.1) is 0 Å². The maximum absolute atomic E-state index is 10.3. The molecule has 4 nitrogen and oxygen atoms in total. The van der Waals surface area contributed by atoms with Gasteiger partial charge >= 0.3 is 29.6 Å². The third-order valence-electron chi connectivity index (χ3n) is 1.30. The average Bonchev–Trinajstić information content (AvgIpc) is 1.88. The number of carbonyl (C=O) groups excluding carboxylic acids is 1. The number of rotatable bonds is 4. The molecule has 0 aromatic rings. The molecule has 0 saturated heterocycles. The summed E-state index contributed by atoms with van der Waals surface area (Å²) in [6.07, 6.45) is 0.